The van der Waals surface area contributed by atoms with Gasteiger partial charge in [-0.05, 0) is 78.6 Å². The van der Waals surface area contributed by atoms with Crippen molar-refractivity contribution in [2.45, 2.75) is 39.5 Å². The number of benzene rings is 2. The fourth-order valence-electron chi connectivity index (χ4n) is 4.50. The average Bonchev–Trinajstić information content (AvgIpc) is 3.26. The van der Waals surface area contributed by atoms with Crippen LogP contribution in [0.5, 0.6) is 0 Å². The van der Waals surface area contributed by atoms with Gasteiger partial charge in [0.15, 0.2) is 5.78 Å². The fourth-order valence-corrected chi connectivity index (χ4v) is 4.50. The van der Waals surface area contributed by atoms with Crippen LogP contribution >= 0.6 is 0 Å². The molecular formula is C23H22O3. The summed E-state index contributed by atoms with van der Waals surface area (Å²) in [7, 11) is 1.37. The Kier molecular flexibility index (Phi) is 4.03. The molecule has 26 heavy (non-hydrogen) atoms. The minimum absolute atomic E-state index is 0.106. The van der Waals surface area contributed by atoms with Gasteiger partial charge in [0.25, 0.3) is 0 Å². The lowest BCUT2D eigenvalue weighted by atomic mass is 9.90. The molecule has 0 aromatic heterocycles. The molecule has 0 bridgehead atoms. The second-order valence-electron chi connectivity index (χ2n) is 7.17. The number of fused-ring (bicyclic) bond motifs is 2. The molecule has 3 heteroatoms. The summed E-state index contributed by atoms with van der Waals surface area (Å²) in [4.78, 5) is 25.2. The number of esters is 1. The van der Waals surface area contributed by atoms with Crippen molar-refractivity contribution in [2.24, 2.45) is 0 Å². The third-order valence-corrected chi connectivity index (χ3v) is 5.83. The Bertz CT molecular complexity index is 979. The Morgan fingerprint density at radius 3 is 2.46 bits per heavy atom. The molecule has 0 aliphatic heterocycles. The van der Waals surface area contributed by atoms with Crippen LogP contribution in [0.4, 0.5) is 0 Å². The molecule has 132 valence electrons. The molecular weight excluding hydrogens is 324 g/mol. The summed E-state index contributed by atoms with van der Waals surface area (Å²) in [5.41, 5.74) is 9.33. The molecule has 4 rings (SSSR count). The van der Waals surface area contributed by atoms with E-state index in [1.807, 2.05) is 18.2 Å². The molecule has 0 radical (unpaired) electrons. The lowest BCUT2D eigenvalue weighted by Crippen LogP contribution is -2.05. The first-order valence-corrected chi connectivity index (χ1v) is 9.09. The summed E-state index contributed by atoms with van der Waals surface area (Å²) in [6, 6.07) is 7.26. The van der Waals surface area contributed by atoms with Gasteiger partial charge in [-0.2, -0.15) is 0 Å². The van der Waals surface area contributed by atoms with Gasteiger partial charge in [-0.1, -0.05) is 18.2 Å². The van der Waals surface area contributed by atoms with Gasteiger partial charge in [0, 0.05) is 17.6 Å². The normalized spacial score (nSPS) is 16.7. The van der Waals surface area contributed by atoms with E-state index in [0.29, 0.717) is 12.0 Å². The summed E-state index contributed by atoms with van der Waals surface area (Å²) in [5.74, 6) is -0.276. The Balaban J connectivity index is 1.82. The van der Waals surface area contributed by atoms with Gasteiger partial charge in [0.1, 0.15) is 0 Å². The van der Waals surface area contributed by atoms with E-state index >= 15 is 0 Å². The predicted octanol–water partition coefficient (Wildman–Crippen LogP) is 4.40. The van der Waals surface area contributed by atoms with E-state index in [-0.39, 0.29) is 11.8 Å². The van der Waals surface area contributed by atoms with Crippen LogP contribution in [0.15, 0.2) is 29.8 Å². The maximum absolute atomic E-state index is 13.1. The van der Waals surface area contributed by atoms with Crippen molar-refractivity contribution in [3.05, 3.63) is 74.3 Å². The molecule has 3 nitrogen and oxygen atoms in total. The van der Waals surface area contributed by atoms with Gasteiger partial charge in [-0.25, -0.2) is 4.79 Å². The first-order chi connectivity index (χ1) is 12.5. The monoisotopic (exact) mass is 346 g/mol. The zero-order chi connectivity index (χ0) is 18.4. The van der Waals surface area contributed by atoms with Crippen molar-refractivity contribution in [3.63, 3.8) is 0 Å². The molecule has 0 saturated carbocycles. The topological polar surface area (TPSA) is 43.4 Å². The number of ether oxygens (including phenoxy) is 1. The van der Waals surface area contributed by atoms with Crippen molar-refractivity contribution in [3.8, 4) is 0 Å². The number of rotatable bonds is 2. The number of ketones is 1. The minimum Gasteiger partial charge on any atom is -0.465 e. The van der Waals surface area contributed by atoms with E-state index in [2.05, 4.69) is 13.8 Å². The lowest BCUT2D eigenvalue weighted by molar-refractivity contribution is 0.0600. The Hall–Kier alpha value is -2.68. The molecule has 2 aromatic rings. The number of hydrogen-bond acceptors (Lipinski definition) is 3. The summed E-state index contributed by atoms with van der Waals surface area (Å²) >= 11 is 0. The molecule has 0 saturated heterocycles. The van der Waals surface area contributed by atoms with E-state index in [1.165, 1.54) is 35.8 Å². The molecule has 0 amide bonds. The first kappa shape index (κ1) is 16.8. The Morgan fingerprint density at radius 2 is 1.73 bits per heavy atom. The van der Waals surface area contributed by atoms with Crippen LogP contribution < -0.4 is 0 Å². The summed E-state index contributed by atoms with van der Waals surface area (Å²) in [6.45, 7) is 4.24. The van der Waals surface area contributed by atoms with E-state index in [0.717, 1.165) is 35.1 Å². The Morgan fingerprint density at radius 1 is 1.04 bits per heavy atom. The number of carbonyl (C=O) groups is 2. The zero-order valence-electron chi connectivity index (χ0n) is 15.4. The van der Waals surface area contributed by atoms with Gasteiger partial charge in [0.2, 0.25) is 0 Å². The highest BCUT2D eigenvalue weighted by molar-refractivity contribution is 6.17. The first-order valence-electron chi connectivity index (χ1n) is 9.09. The van der Waals surface area contributed by atoms with Crippen molar-refractivity contribution < 1.29 is 14.3 Å². The maximum atomic E-state index is 13.1. The zero-order valence-corrected chi connectivity index (χ0v) is 15.4. The second kappa shape index (κ2) is 6.24. The number of methoxy groups -OCH3 is 1. The minimum atomic E-state index is -0.383. The van der Waals surface area contributed by atoms with Crippen molar-refractivity contribution >= 4 is 17.8 Å². The van der Waals surface area contributed by atoms with Gasteiger partial charge in [0.05, 0.1) is 12.7 Å². The standard InChI is InChI=1S/C23H22O3/c1-13-17-9-6-10-18(17)14(2)21-20(13)12-16(22(21)24)11-15-7-4-5-8-19(15)23(25)26-3/h4-5,7-8,11H,6,9-10,12H2,1-3H3/b16-11-. The van der Waals surface area contributed by atoms with Crippen LogP contribution in [0.1, 0.15) is 60.5 Å². The highest BCUT2D eigenvalue weighted by atomic mass is 16.5. The van der Waals surface area contributed by atoms with E-state index in [9.17, 15) is 9.59 Å². The fraction of sp³-hybridized carbons (Fsp3) is 0.304. The molecule has 2 aliphatic rings. The molecule has 2 aromatic carbocycles. The molecule has 0 heterocycles. The van der Waals surface area contributed by atoms with Gasteiger partial charge < -0.3 is 4.74 Å². The average molecular weight is 346 g/mol. The lowest BCUT2D eigenvalue weighted by Gasteiger charge is -2.13. The molecule has 0 atom stereocenters. The predicted molar refractivity (Wildman–Crippen MR) is 102 cm³/mol. The Labute approximate surface area is 153 Å². The molecule has 2 aliphatic carbocycles. The SMILES string of the molecule is COC(=O)c1ccccc1/C=C1/Cc2c(C)c3c(c(C)c2C1=O)CCC3. The van der Waals surface area contributed by atoms with Gasteiger partial charge in [-0.15, -0.1) is 0 Å². The van der Waals surface area contributed by atoms with Crippen LogP contribution in [-0.4, -0.2) is 18.9 Å². The quantitative estimate of drug-likeness (QED) is 0.598. The van der Waals surface area contributed by atoms with Gasteiger partial charge in [-0.3, -0.25) is 4.79 Å². The van der Waals surface area contributed by atoms with E-state index in [1.54, 1.807) is 12.1 Å². The number of carbonyl (C=O) groups excluding carboxylic acids is 2. The third-order valence-electron chi connectivity index (χ3n) is 5.83. The summed E-state index contributed by atoms with van der Waals surface area (Å²) < 4.78 is 4.87. The van der Waals surface area contributed by atoms with Crippen LogP contribution in [0, 0.1) is 13.8 Å². The molecule has 0 spiro atoms. The van der Waals surface area contributed by atoms with E-state index < -0.39 is 0 Å². The van der Waals surface area contributed by atoms with Gasteiger partial charge >= 0.3 is 5.97 Å². The smallest absolute Gasteiger partial charge is 0.338 e. The largest absolute Gasteiger partial charge is 0.465 e. The molecule has 0 fully saturated rings. The molecule has 0 N–H and O–H groups in total. The van der Waals surface area contributed by atoms with Crippen LogP contribution in [0.3, 0.4) is 0 Å². The summed E-state index contributed by atoms with van der Waals surface area (Å²) in [6.07, 6.45) is 5.88. The van der Waals surface area contributed by atoms with Crippen molar-refractivity contribution in [1.29, 1.82) is 0 Å². The van der Waals surface area contributed by atoms with Crippen molar-refractivity contribution in [2.75, 3.05) is 7.11 Å². The molecule has 0 unspecified atom stereocenters. The maximum Gasteiger partial charge on any atom is 0.338 e. The highest BCUT2D eigenvalue weighted by Crippen LogP contribution is 2.40. The second-order valence-corrected chi connectivity index (χ2v) is 7.17. The van der Waals surface area contributed by atoms with E-state index in [4.69, 9.17) is 4.74 Å². The van der Waals surface area contributed by atoms with Crippen LogP contribution in [0.25, 0.3) is 6.08 Å². The summed E-state index contributed by atoms with van der Waals surface area (Å²) in [5, 5.41) is 0. The van der Waals surface area contributed by atoms with Crippen molar-refractivity contribution in [1.82, 2.24) is 0 Å². The number of Topliss-reactive ketones (excluding diaryl/α,β-unsaturated/α-hetero) is 1. The van der Waals surface area contributed by atoms with Crippen LogP contribution in [-0.2, 0) is 24.0 Å². The number of allylic oxidation sites excluding steroid dienone is 1. The number of hydrogen-bond donors (Lipinski definition) is 0. The van der Waals surface area contributed by atoms with Crippen LogP contribution in [0.2, 0.25) is 0 Å². The third kappa shape index (κ3) is 2.42. The highest BCUT2D eigenvalue weighted by Gasteiger charge is 2.32.